The predicted octanol–water partition coefficient (Wildman–Crippen LogP) is 8.04. The van der Waals surface area contributed by atoms with Crippen LogP contribution in [-0.2, 0) is 43.3 Å². The first-order valence-electron chi connectivity index (χ1n) is 24.4. The number of hydrogen-bond acceptors (Lipinski definition) is 17. The number of nitrogens with zero attached hydrogens (tertiary/aromatic N) is 10. The third-order valence-corrected chi connectivity index (χ3v) is 15.7. The number of carbonyl (C=O) groups excluding carboxylic acids is 3. The largest absolute Gasteiger partial charge is 0.496 e. The number of halogens is 2. The lowest BCUT2D eigenvalue weighted by atomic mass is 9.95. The van der Waals surface area contributed by atoms with Gasteiger partial charge in [-0.1, -0.05) is 51.4 Å². The predicted molar refractivity (Wildman–Crippen MR) is 297 cm³/mol. The van der Waals surface area contributed by atoms with Gasteiger partial charge in [0.1, 0.15) is 66.1 Å². The highest BCUT2D eigenvalue weighted by Gasteiger charge is 2.37. The number of carbonyl (C=O) groups is 3. The van der Waals surface area contributed by atoms with Crippen molar-refractivity contribution in [3.8, 4) is 21.5 Å². The van der Waals surface area contributed by atoms with Crippen molar-refractivity contribution >= 4 is 60.6 Å². The molecule has 8 aromatic rings. The van der Waals surface area contributed by atoms with Gasteiger partial charge in [0.25, 0.3) is 11.1 Å². The number of hydrogen-bond donors (Lipinski definition) is 1. The highest BCUT2D eigenvalue weighted by Crippen LogP contribution is 2.36. The number of aromatic nitrogens is 10. The molecule has 2 aromatic carbocycles. The normalized spacial score (nSPS) is 12.3. The maximum atomic E-state index is 14.3. The third-order valence-electron chi connectivity index (χ3n) is 13.1. The molecular formula is C54H66F2N10O11S2. The summed E-state index contributed by atoms with van der Waals surface area (Å²) in [5.74, 6) is -1.92. The van der Waals surface area contributed by atoms with E-state index in [2.05, 4.69) is 20.4 Å². The minimum atomic E-state index is -1.48. The molecule has 79 heavy (non-hydrogen) atoms. The lowest BCUT2D eigenvalue weighted by Crippen LogP contribution is -2.52. The van der Waals surface area contributed by atoms with E-state index in [1.165, 1.54) is 117 Å². The minimum Gasteiger partial charge on any atom is -0.496 e. The summed E-state index contributed by atoms with van der Waals surface area (Å²) in [6.07, 6.45) is 4.85. The van der Waals surface area contributed by atoms with Crippen molar-refractivity contribution in [2.75, 3.05) is 14.2 Å². The highest BCUT2D eigenvalue weighted by molar-refractivity contribution is 7.21. The molecule has 21 nitrogen and oxygen atoms in total. The van der Waals surface area contributed by atoms with Crippen molar-refractivity contribution in [2.24, 2.45) is 0 Å². The molecule has 0 aliphatic carbocycles. The van der Waals surface area contributed by atoms with E-state index in [9.17, 15) is 47.4 Å². The summed E-state index contributed by atoms with van der Waals surface area (Å²) in [4.78, 5) is 97.3. The Kier molecular flexibility index (Phi) is 19.6. The van der Waals surface area contributed by atoms with Crippen molar-refractivity contribution in [1.82, 2.24) is 48.3 Å². The van der Waals surface area contributed by atoms with Crippen molar-refractivity contribution in [1.29, 1.82) is 0 Å². The second-order valence-electron chi connectivity index (χ2n) is 19.0. The lowest BCUT2D eigenvalue weighted by molar-refractivity contribution is -0.147. The van der Waals surface area contributed by atoms with Crippen LogP contribution in [0.5, 0.6) is 11.5 Å². The smallest absolute Gasteiger partial charge is 0.333 e. The topological polar surface area (TPSA) is 249 Å². The molecular weight excluding hydrogens is 1070 g/mol. The summed E-state index contributed by atoms with van der Waals surface area (Å²) in [6.45, 7) is 13.8. The third kappa shape index (κ3) is 11.8. The lowest BCUT2D eigenvalue weighted by Gasteiger charge is -2.27. The van der Waals surface area contributed by atoms with Gasteiger partial charge in [0.05, 0.1) is 62.9 Å². The first kappa shape index (κ1) is 62.1. The number of rotatable bonds is 19. The van der Waals surface area contributed by atoms with E-state index in [0.717, 1.165) is 43.9 Å². The number of benzene rings is 2. The van der Waals surface area contributed by atoms with Crippen molar-refractivity contribution in [3.63, 3.8) is 0 Å². The van der Waals surface area contributed by atoms with Crippen LogP contribution >= 0.6 is 22.7 Å². The van der Waals surface area contributed by atoms with Crippen molar-refractivity contribution in [2.45, 2.75) is 139 Å². The number of thiophene rings is 2. The fourth-order valence-electron chi connectivity index (χ4n) is 9.07. The minimum absolute atomic E-state index is 0. The highest BCUT2D eigenvalue weighted by atomic mass is 32.1. The number of aliphatic hydroxyl groups excluding tert-OH is 1. The fourth-order valence-corrected chi connectivity index (χ4v) is 11.5. The van der Waals surface area contributed by atoms with Crippen molar-refractivity contribution in [3.05, 3.63) is 137 Å². The number of esters is 1. The van der Waals surface area contributed by atoms with Gasteiger partial charge in [-0.2, -0.15) is 20.4 Å². The van der Waals surface area contributed by atoms with Crippen LogP contribution in [0.3, 0.4) is 0 Å². The number of aryl methyl sites for hydroxylation is 2. The van der Waals surface area contributed by atoms with Gasteiger partial charge in [0.2, 0.25) is 0 Å². The molecule has 6 heterocycles. The van der Waals surface area contributed by atoms with Gasteiger partial charge in [-0.05, 0) is 90.8 Å². The Morgan fingerprint density at radius 1 is 0.646 bits per heavy atom. The molecule has 25 heteroatoms. The van der Waals surface area contributed by atoms with Crippen LogP contribution in [0.2, 0.25) is 0 Å². The second-order valence-corrected chi connectivity index (χ2v) is 20.9. The molecule has 424 valence electrons. The van der Waals surface area contributed by atoms with Crippen LogP contribution < -0.4 is 32.0 Å². The van der Waals surface area contributed by atoms with E-state index in [-0.39, 0.29) is 95.4 Å². The Balaban J connectivity index is 0.000000284. The molecule has 8 rings (SSSR count). The maximum Gasteiger partial charge on any atom is 0.333 e. The molecule has 2 atom stereocenters. The molecule has 0 spiro atoms. The number of Topliss-reactive ketones (excluding diaryl/α,β-unsaturated/α-hetero) is 2. The standard InChI is InChI=1S/C27H30FN5O6S.C25H28FN5O5S.2CH4/c1-7-8-21(35)27(4,5)32-23(36)22-15(2)24(33-29-11-12-30-33)40-25(22)31(26(32)37)14-20(39-16(3)34)18-13-17(28)9-10-19(18)38-6;1-6-7-19(33)25(3,4)30-21(34)20-14(2)22(31-27-10-11-28-31)37-23(20)29(24(30)35)13-17(32)16-12-15(26)8-9-18(16)36-5;;/h9-13,20H,7-8,14H2,1-6H3;8-12,17,32H,6-7,13H2,1-5H3;2*1H4/t20-;17-;;/m01../s1. The van der Waals surface area contributed by atoms with Gasteiger partial charge in [-0.15, -0.1) is 9.59 Å². The van der Waals surface area contributed by atoms with Gasteiger partial charge in [0.15, 0.2) is 11.6 Å². The van der Waals surface area contributed by atoms with E-state index in [1.54, 1.807) is 13.8 Å². The van der Waals surface area contributed by atoms with E-state index >= 15 is 0 Å². The average Bonchev–Trinajstić information content (AvgIpc) is 4.43. The number of aliphatic hydroxyl groups is 1. The zero-order valence-corrected chi connectivity index (χ0v) is 45.9. The molecule has 0 bridgehead atoms. The molecule has 0 fully saturated rings. The number of ether oxygens (including phenoxy) is 3. The summed E-state index contributed by atoms with van der Waals surface area (Å²) in [5, 5.41) is 29.2. The van der Waals surface area contributed by atoms with E-state index < -0.39 is 63.4 Å². The van der Waals surface area contributed by atoms with Crippen LogP contribution in [0.1, 0.15) is 123 Å². The Labute approximate surface area is 461 Å². The zero-order valence-electron chi connectivity index (χ0n) is 44.2. The second kappa shape index (κ2) is 24.9. The van der Waals surface area contributed by atoms with Gasteiger partial charge in [-0.25, -0.2) is 27.5 Å². The Hall–Kier alpha value is -7.77. The molecule has 0 saturated heterocycles. The summed E-state index contributed by atoms with van der Waals surface area (Å²) in [7, 11) is 2.78. The van der Waals surface area contributed by atoms with E-state index in [0.29, 0.717) is 34.0 Å². The number of methoxy groups -OCH3 is 2. The van der Waals surface area contributed by atoms with Crippen LogP contribution in [0, 0.1) is 25.5 Å². The van der Waals surface area contributed by atoms with Gasteiger partial charge in [-0.3, -0.25) is 33.1 Å². The van der Waals surface area contributed by atoms with Crippen LogP contribution in [0.4, 0.5) is 8.78 Å². The average molecular weight is 1130 g/mol. The summed E-state index contributed by atoms with van der Waals surface area (Å²) < 4.78 is 49.0. The molecule has 1 N–H and O–H groups in total. The Bertz CT molecular complexity index is 3780. The molecule has 0 aliphatic heterocycles. The van der Waals surface area contributed by atoms with Gasteiger partial charge >= 0.3 is 17.3 Å². The zero-order chi connectivity index (χ0) is 56.4. The summed E-state index contributed by atoms with van der Waals surface area (Å²) in [5.41, 5.74) is -4.34. The Morgan fingerprint density at radius 2 is 1.03 bits per heavy atom. The monoisotopic (exact) mass is 1130 g/mol. The SMILES string of the molecule is C.C.CCCC(=O)C(C)(C)n1c(=O)c2c(C)c(-n3nccn3)sc2n(C[C@@H](O)c2cc(F)ccc2OC)c1=O.CCCC(=O)C(C)(C)n1c(=O)c2c(C)c(-n3nccn3)sc2n(C[C@H](OC(C)=O)c2cc(F)ccc2OC)c1=O. The van der Waals surface area contributed by atoms with E-state index in [4.69, 9.17) is 14.2 Å². The number of ketones is 2. The quantitative estimate of drug-likeness (QED) is 0.0753. The van der Waals surface area contributed by atoms with Crippen LogP contribution in [0.25, 0.3) is 30.4 Å². The Morgan fingerprint density at radius 3 is 1.41 bits per heavy atom. The number of fused-ring (bicyclic) bond motifs is 2. The summed E-state index contributed by atoms with van der Waals surface area (Å²) in [6, 6.07) is 7.48. The van der Waals surface area contributed by atoms with Crippen LogP contribution in [0.15, 0.2) is 80.4 Å². The van der Waals surface area contributed by atoms with Crippen molar-refractivity contribution < 1.29 is 42.5 Å². The molecule has 0 saturated carbocycles. The maximum absolute atomic E-state index is 14.3. The van der Waals surface area contributed by atoms with Gasteiger partial charge in [0, 0.05) is 42.0 Å². The summed E-state index contributed by atoms with van der Waals surface area (Å²) >= 11 is 2.21. The fraction of sp³-hybridized carbons (Fsp3) is 0.426. The molecule has 6 aromatic heterocycles. The molecule has 0 amide bonds. The molecule has 0 unspecified atom stereocenters. The molecule has 0 radical (unpaired) electrons. The van der Waals surface area contributed by atoms with E-state index in [1.807, 2.05) is 13.8 Å². The van der Waals surface area contributed by atoms with Gasteiger partial charge < -0.3 is 19.3 Å². The molecule has 0 aliphatic rings. The first-order valence-corrected chi connectivity index (χ1v) is 26.0. The first-order chi connectivity index (χ1) is 36.4. The van der Waals surface area contributed by atoms with Crippen LogP contribution in [-0.4, -0.2) is 85.1 Å².